The molecule has 0 spiro atoms. The number of halogens is 1. The first-order valence-corrected chi connectivity index (χ1v) is 8.33. The van der Waals surface area contributed by atoms with Crippen LogP contribution in [0, 0.1) is 0 Å². The van der Waals surface area contributed by atoms with Crippen LogP contribution in [0.3, 0.4) is 0 Å². The molecule has 0 aromatic heterocycles. The average molecular weight is 378 g/mol. The number of methoxy groups -OCH3 is 1. The minimum Gasteiger partial charge on any atom is -0.497 e. The molecule has 7 heteroatoms. The molecule has 0 saturated heterocycles. The van der Waals surface area contributed by atoms with Crippen molar-refractivity contribution < 1.29 is 23.8 Å². The standard InChI is InChI=1S/C19H20ClNO5/c1-13(14-3-5-15(20)6-4-14)21-18(22)11-26-19(23)12-25-17-9-7-16(24-2)8-10-17/h3-10,13H,11-12H2,1-2H3,(H,21,22)/t13-/m1/s1. The molecule has 0 aliphatic heterocycles. The highest BCUT2D eigenvalue weighted by Gasteiger charge is 2.12. The fourth-order valence-electron chi connectivity index (χ4n) is 2.12. The van der Waals surface area contributed by atoms with Crippen molar-refractivity contribution in [2.24, 2.45) is 0 Å². The van der Waals surface area contributed by atoms with Crippen molar-refractivity contribution >= 4 is 23.5 Å². The van der Waals surface area contributed by atoms with Crippen LogP contribution in [0.5, 0.6) is 11.5 Å². The lowest BCUT2D eigenvalue weighted by Gasteiger charge is -2.14. The number of amides is 1. The summed E-state index contributed by atoms with van der Waals surface area (Å²) in [4.78, 5) is 23.5. The van der Waals surface area contributed by atoms with Gasteiger partial charge >= 0.3 is 5.97 Å². The van der Waals surface area contributed by atoms with E-state index in [2.05, 4.69) is 5.32 Å². The van der Waals surface area contributed by atoms with E-state index in [9.17, 15) is 9.59 Å². The van der Waals surface area contributed by atoms with Gasteiger partial charge in [-0.05, 0) is 48.9 Å². The third kappa shape index (κ3) is 6.29. The maximum absolute atomic E-state index is 11.9. The molecule has 0 heterocycles. The lowest BCUT2D eigenvalue weighted by molar-refractivity contribution is -0.150. The van der Waals surface area contributed by atoms with Crippen molar-refractivity contribution in [3.8, 4) is 11.5 Å². The van der Waals surface area contributed by atoms with Crippen LogP contribution in [-0.2, 0) is 14.3 Å². The molecular weight excluding hydrogens is 358 g/mol. The Hall–Kier alpha value is -2.73. The SMILES string of the molecule is COc1ccc(OCC(=O)OCC(=O)N[C@H](C)c2ccc(Cl)cc2)cc1. The molecule has 1 atom stereocenters. The Morgan fingerprint density at radius 2 is 1.62 bits per heavy atom. The van der Waals surface area contributed by atoms with Crippen molar-refractivity contribution in [2.75, 3.05) is 20.3 Å². The van der Waals surface area contributed by atoms with Gasteiger partial charge in [-0.3, -0.25) is 4.79 Å². The minimum atomic E-state index is -0.630. The molecule has 0 aliphatic carbocycles. The van der Waals surface area contributed by atoms with Gasteiger partial charge in [0.25, 0.3) is 5.91 Å². The van der Waals surface area contributed by atoms with Crippen LogP contribution in [0.4, 0.5) is 0 Å². The normalized spacial score (nSPS) is 11.3. The van der Waals surface area contributed by atoms with Crippen molar-refractivity contribution in [1.29, 1.82) is 0 Å². The quantitative estimate of drug-likeness (QED) is 0.715. The summed E-state index contributed by atoms with van der Waals surface area (Å²) in [5.41, 5.74) is 0.900. The van der Waals surface area contributed by atoms with E-state index in [1.54, 1.807) is 43.5 Å². The summed E-state index contributed by atoms with van der Waals surface area (Å²) in [5.74, 6) is 0.162. The van der Waals surface area contributed by atoms with Crippen LogP contribution in [0.25, 0.3) is 0 Å². The Morgan fingerprint density at radius 3 is 2.23 bits per heavy atom. The zero-order valence-corrected chi connectivity index (χ0v) is 15.3. The second kappa shape index (κ2) is 9.68. The van der Waals surface area contributed by atoms with Crippen molar-refractivity contribution in [3.63, 3.8) is 0 Å². The molecule has 2 aromatic rings. The Labute approximate surface area is 157 Å². The zero-order valence-electron chi connectivity index (χ0n) is 14.5. The first-order chi connectivity index (χ1) is 12.5. The summed E-state index contributed by atoms with van der Waals surface area (Å²) in [7, 11) is 1.56. The van der Waals surface area contributed by atoms with Crippen molar-refractivity contribution in [2.45, 2.75) is 13.0 Å². The molecular formula is C19H20ClNO5. The summed E-state index contributed by atoms with van der Waals surface area (Å²) in [6, 6.07) is 13.7. The Kier molecular flexibility index (Phi) is 7.29. The van der Waals surface area contributed by atoms with Gasteiger partial charge in [-0.25, -0.2) is 4.79 Å². The molecule has 1 amide bonds. The van der Waals surface area contributed by atoms with E-state index < -0.39 is 11.9 Å². The second-order valence-electron chi connectivity index (χ2n) is 5.47. The highest BCUT2D eigenvalue weighted by atomic mass is 35.5. The van der Waals surface area contributed by atoms with E-state index in [1.807, 2.05) is 19.1 Å². The van der Waals surface area contributed by atoms with Gasteiger partial charge in [-0.15, -0.1) is 0 Å². The lowest BCUT2D eigenvalue weighted by atomic mass is 10.1. The van der Waals surface area contributed by atoms with Crippen LogP contribution in [0.2, 0.25) is 5.02 Å². The van der Waals surface area contributed by atoms with Gasteiger partial charge < -0.3 is 19.5 Å². The van der Waals surface area contributed by atoms with Gasteiger partial charge in [0.2, 0.25) is 0 Å². The number of benzene rings is 2. The first-order valence-electron chi connectivity index (χ1n) is 7.95. The molecule has 2 aromatic carbocycles. The molecule has 0 unspecified atom stereocenters. The molecule has 26 heavy (non-hydrogen) atoms. The predicted molar refractivity (Wildman–Crippen MR) is 97.5 cm³/mol. The molecule has 6 nitrogen and oxygen atoms in total. The number of esters is 1. The van der Waals surface area contributed by atoms with Crippen LogP contribution >= 0.6 is 11.6 Å². The van der Waals surface area contributed by atoms with E-state index in [0.29, 0.717) is 16.5 Å². The zero-order chi connectivity index (χ0) is 18.9. The number of carbonyl (C=O) groups is 2. The van der Waals surface area contributed by atoms with Crippen LogP contribution in [-0.4, -0.2) is 32.2 Å². The number of carbonyl (C=O) groups excluding carboxylic acids is 2. The van der Waals surface area contributed by atoms with Crippen molar-refractivity contribution in [1.82, 2.24) is 5.32 Å². The summed E-state index contributed by atoms with van der Waals surface area (Å²) >= 11 is 5.83. The molecule has 0 aliphatic rings. The van der Waals surface area contributed by atoms with E-state index in [0.717, 1.165) is 5.56 Å². The molecule has 0 radical (unpaired) electrons. The van der Waals surface area contributed by atoms with E-state index in [1.165, 1.54) is 0 Å². The maximum atomic E-state index is 11.9. The third-order valence-corrected chi connectivity index (χ3v) is 3.78. The van der Waals surface area contributed by atoms with Gasteiger partial charge in [-0.2, -0.15) is 0 Å². The number of ether oxygens (including phenoxy) is 3. The van der Waals surface area contributed by atoms with E-state index in [4.69, 9.17) is 25.8 Å². The van der Waals surface area contributed by atoms with E-state index >= 15 is 0 Å². The topological polar surface area (TPSA) is 73.9 Å². The lowest BCUT2D eigenvalue weighted by Crippen LogP contribution is -2.31. The van der Waals surface area contributed by atoms with Crippen LogP contribution in [0.15, 0.2) is 48.5 Å². The largest absolute Gasteiger partial charge is 0.497 e. The molecule has 2 rings (SSSR count). The maximum Gasteiger partial charge on any atom is 0.344 e. The predicted octanol–water partition coefficient (Wildman–Crippen LogP) is 3.15. The molecule has 0 saturated carbocycles. The number of hydrogen-bond donors (Lipinski definition) is 1. The molecule has 0 bridgehead atoms. The summed E-state index contributed by atoms with van der Waals surface area (Å²) < 4.78 is 15.2. The molecule has 0 fully saturated rings. The minimum absolute atomic E-state index is 0.228. The van der Waals surface area contributed by atoms with Crippen LogP contribution in [0.1, 0.15) is 18.5 Å². The monoisotopic (exact) mass is 377 g/mol. The smallest absolute Gasteiger partial charge is 0.344 e. The van der Waals surface area contributed by atoms with Crippen molar-refractivity contribution in [3.05, 3.63) is 59.1 Å². The van der Waals surface area contributed by atoms with Gasteiger partial charge in [0.05, 0.1) is 13.2 Å². The average Bonchev–Trinajstić information content (AvgIpc) is 2.65. The first kappa shape index (κ1) is 19.6. The highest BCUT2D eigenvalue weighted by Crippen LogP contribution is 2.17. The summed E-state index contributed by atoms with van der Waals surface area (Å²) in [6.45, 7) is 1.17. The van der Waals surface area contributed by atoms with Gasteiger partial charge in [0.1, 0.15) is 11.5 Å². The summed E-state index contributed by atoms with van der Waals surface area (Å²) in [5, 5.41) is 3.37. The number of nitrogens with one attached hydrogen (secondary N) is 1. The third-order valence-electron chi connectivity index (χ3n) is 3.53. The van der Waals surface area contributed by atoms with Gasteiger partial charge in [0, 0.05) is 5.02 Å². The van der Waals surface area contributed by atoms with Gasteiger partial charge in [-0.1, -0.05) is 23.7 Å². The molecule has 1 N–H and O–H groups in total. The summed E-state index contributed by atoms with van der Waals surface area (Å²) in [6.07, 6.45) is 0. The Bertz CT molecular complexity index is 731. The number of rotatable bonds is 8. The van der Waals surface area contributed by atoms with E-state index in [-0.39, 0.29) is 19.3 Å². The second-order valence-corrected chi connectivity index (χ2v) is 5.90. The Morgan fingerprint density at radius 1 is 1.00 bits per heavy atom. The van der Waals surface area contributed by atoms with Crippen LogP contribution < -0.4 is 14.8 Å². The Balaban J connectivity index is 1.70. The van der Waals surface area contributed by atoms with Gasteiger partial charge in [0.15, 0.2) is 13.2 Å². The number of hydrogen-bond acceptors (Lipinski definition) is 5. The highest BCUT2D eigenvalue weighted by molar-refractivity contribution is 6.30. The fourth-order valence-corrected chi connectivity index (χ4v) is 2.25. The fraction of sp³-hybridized carbons (Fsp3) is 0.263. The molecule has 138 valence electrons.